The molecule has 0 bridgehead atoms. The third-order valence-electron chi connectivity index (χ3n) is 2.36. The van der Waals surface area contributed by atoms with Gasteiger partial charge in [0.05, 0.1) is 6.61 Å². The van der Waals surface area contributed by atoms with Crippen LogP contribution in [0.2, 0.25) is 0 Å². The number of allylic oxidation sites excluding steroid dienone is 2. The number of carbonyl (C=O) groups is 1. The van der Waals surface area contributed by atoms with Gasteiger partial charge >= 0.3 is 6.16 Å². The van der Waals surface area contributed by atoms with Gasteiger partial charge in [0, 0.05) is 0 Å². The number of ether oxygens (including phenoxy) is 2. The van der Waals surface area contributed by atoms with Gasteiger partial charge in [0.1, 0.15) is 6.61 Å². The van der Waals surface area contributed by atoms with Gasteiger partial charge in [0.2, 0.25) is 0 Å². The first-order chi connectivity index (χ1) is 8.06. The molecule has 0 aromatic rings. The molecule has 0 aliphatic rings. The number of carbonyl (C=O) groups excluding carboxylic acids is 1. The summed E-state index contributed by atoms with van der Waals surface area (Å²) in [6.07, 6.45) is 6.22. The van der Waals surface area contributed by atoms with Crippen LogP contribution in [-0.2, 0) is 9.47 Å². The van der Waals surface area contributed by atoms with E-state index in [-0.39, 0.29) is 6.61 Å². The third kappa shape index (κ3) is 11.0. The highest BCUT2D eigenvalue weighted by atomic mass is 16.7. The Labute approximate surface area is 104 Å². The molecule has 0 saturated carbocycles. The Hall–Kier alpha value is -1.25. The molecule has 0 aliphatic carbocycles. The topological polar surface area (TPSA) is 35.5 Å². The third-order valence-corrected chi connectivity index (χ3v) is 2.36. The fourth-order valence-electron chi connectivity index (χ4n) is 1.31. The molecule has 0 aromatic carbocycles. The number of rotatable bonds is 8. The van der Waals surface area contributed by atoms with Gasteiger partial charge in [-0.1, -0.05) is 31.2 Å². The second-order valence-corrected chi connectivity index (χ2v) is 4.45. The van der Waals surface area contributed by atoms with Crippen LogP contribution in [0.4, 0.5) is 4.79 Å². The van der Waals surface area contributed by atoms with Crippen molar-refractivity contribution in [1.82, 2.24) is 0 Å². The summed E-state index contributed by atoms with van der Waals surface area (Å²) in [7, 11) is 0. The second kappa shape index (κ2) is 9.94. The first-order valence-electron chi connectivity index (χ1n) is 6.10. The lowest BCUT2D eigenvalue weighted by Crippen LogP contribution is -2.10. The normalized spacial score (nSPS) is 11.5. The Bertz CT molecular complexity index is 252. The number of hydrogen-bond donors (Lipinski definition) is 0. The van der Waals surface area contributed by atoms with E-state index < -0.39 is 6.16 Å². The lowest BCUT2D eigenvalue weighted by atomic mass is 10.0. The second-order valence-electron chi connectivity index (χ2n) is 4.45. The van der Waals surface area contributed by atoms with E-state index in [1.54, 1.807) is 0 Å². The molecule has 0 aromatic heterocycles. The Morgan fingerprint density at radius 3 is 2.59 bits per heavy atom. The summed E-state index contributed by atoms with van der Waals surface area (Å²) < 4.78 is 9.61. The first kappa shape index (κ1) is 15.8. The molecular formula is C14H24O3. The van der Waals surface area contributed by atoms with Crippen molar-refractivity contribution in [3.8, 4) is 0 Å². The predicted octanol–water partition coefficient (Wildman–Crippen LogP) is 4.10. The van der Waals surface area contributed by atoms with Crippen LogP contribution in [0.15, 0.2) is 24.3 Å². The van der Waals surface area contributed by atoms with Gasteiger partial charge < -0.3 is 9.47 Å². The van der Waals surface area contributed by atoms with Gasteiger partial charge in [0.15, 0.2) is 0 Å². The standard InChI is InChI=1S/C14H24O3/c1-5-10-16-14(15)17-11-9-13(4)8-6-7-12(2)3/h5,7,13H,1,6,8-11H2,2-4H3/t13-/m1/s1. The van der Waals surface area contributed by atoms with E-state index in [4.69, 9.17) is 9.47 Å². The Kier molecular flexibility index (Phi) is 9.21. The highest BCUT2D eigenvalue weighted by Crippen LogP contribution is 2.11. The average molecular weight is 240 g/mol. The fourth-order valence-corrected chi connectivity index (χ4v) is 1.31. The predicted molar refractivity (Wildman–Crippen MR) is 69.9 cm³/mol. The van der Waals surface area contributed by atoms with Crippen LogP contribution >= 0.6 is 0 Å². The fraction of sp³-hybridized carbons (Fsp3) is 0.643. The largest absolute Gasteiger partial charge is 0.508 e. The van der Waals surface area contributed by atoms with Crippen LogP contribution in [0.5, 0.6) is 0 Å². The molecule has 3 nitrogen and oxygen atoms in total. The maximum absolute atomic E-state index is 11.0. The van der Waals surface area contributed by atoms with Crippen molar-refractivity contribution in [2.45, 2.75) is 40.0 Å². The van der Waals surface area contributed by atoms with E-state index in [1.165, 1.54) is 11.6 Å². The van der Waals surface area contributed by atoms with Crippen LogP contribution in [0, 0.1) is 5.92 Å². The molecule has 17 heavy (non-hydrogen) atoms. The van der Waals surface area contributed by atoms with Gasteiger partial charge in [-0.05, 0) is 39.0 Å². The SMILES string of the molecule is C=CCOC(=O)OCC[C@H](C)CCC=C(C)C. The smallest absolute Gasteiger partial charge is 0.434 e. The summed E-state index contributed by atoms with van der Waals surface area (Å²) in [5.74, 6) is 0.554. The summed E-state index contributed by atoms with van der Waals surface area (Å²) in [6, 6.07) is 0. The molecule has 0 aliphatic heterocycles. The van der Waals surface area contributed by atoms with Gasteiger partial charge in [-0.3, -0.25) is 0 Å². The van der Waals surface area contributed by atoms with Crippen molar-refractivity contribution in [3.63, 3.8) is 0 Å². The highest BCUT2D eigenvalue weighted by Gasteiger charge is 2.05. The van der Waals surface area contributed by atoms with Crippen molar-refractivity contribution >= 4 is 6.16 Å². The van der Waals surface area contributed by atoms with E-state index in [0.717, 1.165) is 19.3 Å². The van der Waals surface area contributed by atoms with Crippen molar-refractivity contribution in [2.75, 3.05) is 13.2 Å². The summed E-state index contributed by atoms with van der Waals surface area (Å²) in [5.41, 5.74) is 1.35. The summed E-state index contributed by atoms with van der Waals surface area (Å²) in [5, 5.41) is 0. The molecule has 0 rings (SSSR count). The minimum absolute atomic E-state index is 0.203. The van der Waals surface area contributed by atoms with E-state index in [9.17, 15) is 4.79 Å². The minimum atomic E-state index is -0.610. The minimum Gasteiger partial charge on any atom is -0.434 e. The van der Waals surface area contributed by atoms with Gasteiger partial charge in [-0.15, -0.1) is 0 Å². The van der Waals surface area contributed by atoms with Crippen molar-refractivity contribution in [2.24, 2.45) is 5.92 Å². The molecular weight excluding hydrogens is 216 g/mol. The van der Waals surface area contributed by atoms with Crippen LogP contribution in [0.3, 0.4) is 0 Å². The zero-order valence-corrected chi connectivity index (χ0v) is 11.2. The van der Waals surface area contributed by atoms with Crippen molar-refractivity contribution in [1.29, 1.82) is 0 Å². The highest BCUT2D eigenvalue weighted by molar-refractivity contribution is 5.59. The van der Waals surface area contributed by atoms with Crippen molar-refractivity contribution in [3.05, 3.63) is 24.3 Å². The molecule has 0 saturated heterocycles. The van der Waals surface area contributed by atoms with E-state index in [2.05, 4.69) is 33.4 Å². The van der Waals surface area contributed by atoms with Crippen LogP contribution in [0.25, 0.3) is 0 Å². The maximum Gasteiger partial charge on any atom is 0.508 e. The molecule has 1 atom stereocenters. The molecule has 0 amide bonds. The van der Waals surface area contributed by atoms with Gasteiger partial charge in [-0.25, -0.2) is 4.79 Å². The summed E-state index contributed by atoms with van der Waals surface area (Å²) in [6.45, 7) is 10.4. The molecule has 98 valence electrons. The van der Waals surface area contributed by atoms with E-state index in [1.807, 2.05) is 0 Å². The molecule has 0 heterocycles. The molecule has 3 heteroatoms. The lowest BCUT2D eigenvalue weighted by molar-refractivity contribution is 0.0594. The Morgan fingerprint density at radius 2 is 2.00 bits per heavy atom. The lowest BCUT2D eigenvalue weighted by Gasteiger charge is -2.10. The molecule has 0 radical (unpaired) electrons. The quantitative estimate of drug-likeness (QED) is 0.473. The number of hydrogen-bond acceptors (Lipinski definition) is 3. The Morgan fingerprint density at radius 1 is 1.29 bits per heavy atom. The van der Waals surface area contributed by atoms with E-state index in [0.29, 0.717) is 12.5 Å². The average Bonchev–Trinajstić information content (AvgIpc) is 2.25. The molecule has 0 fully saturated rings. The molecule has 0 spiro atoms. The van der Waals surface area contributed by atoms with Crippen LogP contribution < -0.4 is 0 Å². The zero-order valence-electron chi connectivity index (χ0n) is 11.2. The van der Waals surface area contributed by atoms with Crippen LogP contribution in [-0.4, -0.2) is 19.4 Å². The molecule has 0 unspecified atom stereocenters. The monoisotopic (exact) mass is 240 g/mol. The zero-order chi connectivity index (χ0) is 13.1. The Balaban J connectivity index is 3.50. The van der Waals surface area contributed by atoms with Gasteiger partial charge in [-0.2, -0.15) is 0 Å². The molecule has 0 N–H and O–H groups in total. The van der Waals surface area contributed by atoms with E-state index >= 15 is 0 Å². The maximum atomic E-state index is 11.0. The van der Waals surface area contributed by atoms with Gasteiger partial charge in [0.25, 0.3) is 0 Å². The van der Waals surface area contributed by atoms with Crippen molar-refractivity contribution < 1.29 is 14.3 Å². The van der Waals surface area contributed by atoms with Crippen LogP contribution in [0.1, 0.15) is 40.0 Å². The first-order valence-corrected chi connectivity index (χ1v) is 6.10. The summed E-state index contributed by atoms with van der Waals surface area (Å²) in [4.78, 5) is 11.0. The summed E-state index contributed by atoms with van der Waals surface area (Å²) >= 11 is 0.